The molecule has 4 rings (SSSR count). The standard InChI is InChI=1S/C29H37ClN2O5S/c1-5-7-8-16-37-28(36)22-21-17-19(4)29(38-21)23(22)26(34)32(14-10-15-33)25(29)27(35)31(13-6-2)24-18(3)11-9-12-20(24)30/h5-6,9,11-12,19,21-23,25,33H,1-2,7-8,10,13-17H2,3-4H3/t19?,21-,22+,23-,25?,29?/m0/s1. The Balaban J connectivity index is 1.75. The van der Waals surface area contributed by atoms with Crippen LogP contribution in [0.3, 0.4) is 0 Å². The van der Waals surface area contributed by atoms with Crippen LogP contribution in [0, 0.1) is 24.7 Å². The molecule has 38 heavy (non-hydrogen) atoms. The van der Waals surface area contributed by atoms with Crippen molar-refractivity contribution in [1.82, 2.24) is 4.90 Å². The number of benzene rings is 1. The number of amides is 2. The van der Waals surface area contributed by atoms with E-state index in [9.17, 15) is 19.5 Å². The van der Waals surface area contributed by atoms with Crippen LogP contribution in [0.1, 0.15) is 38.2 Å². The Morgan fingerprint density at radius 3 is 2.74 bits per heavy atom. The Kier molecular flexibility index (Phi) is 8.95. The van der Waals surface area contributed by atoms with E-state index in [0.717, 1.165) is 18.4 Å². The minimum absolute atomic E-state index is 0.0299. The summed E-state index contributed by atoms with van der Waals surface area (Å²) in [6.45, 7) is 12.2. The highest BCUT2D eigenvalue weighted by atomic mass is 35.5. The van der Waals surface area contributed by atoms with Gasteiger partial charge in [-0.3, -0.25) is 14.4 Å². The number of thioether (sulfide) groups is 1. The number of esters is 1. The molecule has 2 bridgehead atoms. The minimum Gasteiger partial charge on any atom is -0.465 e. The number of allylic oxidation sites excluding steroid dienone is 1. The molecular formula is C29H37ClN2O5S. The van der Waals surface area contributed by atoms with Crippen molar-refractivity contribution in [1.29, 1.82) is 0 Å². The fourth-order valence-electron chi connectivity index (χ4n) is 6.58. The number of carbonyl (C=O) groups is 3. The second kappa shape index (κ2) is 11.8. The summed E-state index contributed by atoms with van der Waals surface area (Å²) in [6, 6.07) is 4.67. The van der Waals surface area contributed by atoms with Gasteiger partial charge in [-0.05, 0) is 50.2 Å². The number of likely N-dealkylation sites (tertiary alicyclic amines) is 1. The van der Waals surface area contributed by atoms with E-state index < -0.39 is 22.6 Å². The van der Waals surface area contributed by atoms with Gasteiger partial charge in [0, 0.05) is 24.9 Å². The molecule has 0 aromatic heterocycles. The van der Waals surface area contributed by atoms with Crippen LogP contribution in [0.25, 0.3) is 0 Å². The van der Waals surface area contributed by atoms with Crippen LogP contribution in [-0.2, 0) is 19.1 Å². The van der Waals surface area contributed by atoms with E-state index in [0.29, 0.717) is 23.6 Å². The quantitative estimate of drug-likeness (QED) is 0.232. The summed E-state index contributed by atoms with van der Waals surface area (Å²) >= 11 is 8.20. The van der Waals surface area contributed by atoms with Crippen molar-refractivity contribution in [3.05, 3.63) is 54.1 Å². The van der Waals surface area contributed by atoms with Crippen molar-refractivity contribution < 1.29 is 24.2 Å². The van der Waals surface area contributed by atoms with Crippen LogP contribution in [-0.4, -0.2) is 70.1 Å². The van der Waals surface area contributed by atoms with Gasteiger partial charge in [-0.25, -0.2) is 0 Å². The molecule has 3 saturated heterocycles. The molecule has 3 aliphatic rings. The summed E-state index contributed by atoms with van der Waals surface area (Å²) in [6.07, 6.45) is 5.91. The number of rotatable bonds is 12. The van der Waals surface area contributed by atoms with Crippen molar-refractivity contribution >= 4 is 46.8 Å². The first-order valence-corrected chi connectivity index (χ1v) is 14.5. The van der Waals surface area contributed by atoms with E-state index in [1.165, 1.54) is 0 Å². The molecule has 3 aliphatic heterocycles. The number of anilines is 1. The second-order valence-electron chi connectivity index (χ2n) is 10.4. The summed E-state index contributed by atoms with van der Waals surface area (Å²) in [4.78, 5) is 45.2. The van der Waals surface area contributed by atoms with E-state index in [-0.39, 0.29) is 55.3 Å². The molecule has 9 heteroatoms. The van der Waals surface area contributed by atoms with Gasteiger partial charge in [0.1, 0.15) is 6.04 Å². The highest BCUT2D eigenvalue weighted by molar-refractivity contribution is 8.02. The molecule has 1 spiro atoms. The number of fused-ring (bicyclic) bond motifs is 1. The molecular weight excluding hydrogens is 524 g/mol. The summed E-state index contributed by atoms with van der Waals surface area (Å²) in [7, 11) is 0. The number of aliphatic hydroxyl groups excluding tert-OH is 1. The second-order valence-corrected chi connectivity index (χ2v) is 12.4. The molecule has 1 aromatic rings. The highest BCUT2D eigenvalue weighted by Gasteiger charge is 2.76. The molecule has 2 amide bonds. The molecule has 206 valence electrons. The maximum absolute atomic E-state index is 14.6. The molecule has 1 aromatic carbocycles. The van der Waals surface area contributed by atoms with Crippen LogP contribution >= 0.6 is 23.4 Å². The van der Waals surface area contributed by atoms with E-state index in [1.807, 2.05) is 19.1 Å². The minimum atomic E-state index is -0.800. The molecule has 1 N–H and O–H groups in total. The van der Waals surface area contributed by atoms with Crippen LogP contribution in [0.5, 0.6) is 0 Å². The van der Waals surface area contributed by atoms with Crippen LogP contribution in [0.15, 0.2) is 43.5 Å². The summed E-state index contributed by atoms with van der Waals surface area (Å²) in [5.74, 6) is -2.03. The maximum Gasteiger partial charge on any atom is 0.310 e. The number of halogens is 1. The Bertz CT molecular complexity index is 1090. The smallest absolute Gasteiger partial charge is 0.310 e. The summed E-state index contributed by atoms with van der Waals surface area (Å²) < 4.78 is 4.86. The third-order valence-corrected chi connectivity index (χ3v) is 10.5. The number of aliphatic hydroxyl groups is 1. The Morgan fingerprint density at radius 1 is 1.32 bits per heavy atom. The van der Waals surface area contributed by atoms with Gasteiger partial charge < -0.3 is 19.6 Å². The van der Waals surface area contributed by atoms with Gasteiger partial charge in [-0.2, -0.15) is 0 Å². The first-order valence-electron chi connectivity index (χ1n) is 13.3. The SMILES string of the molecule is C=CCCCOC(=O)[C@@H]1[C@@H]2CC(C)C3(S2)C(C(=O)N(CC=C)c2c(C)cccc2Cl)N(CCCO)C(=O)[C@H]13. The van der Waals surface area contributed by atoms with E-state index in [2.05, 4.69) is 20.1 Å². The van der Waals surface area contributed by atoms with Gasteiger partial charge in [0.05, 0.1) is 33.9 Å². The third-order valence-electron chi connectivity index (χ3n) is 8.14. The monoisotopic (exact) mass is 560 g/mol. The van der Waals surface area contributed by atoms with Gasteiger partial charge >= 0.3 is 5.97 Å². The molecule has 3 unspecified atom stereocenters. The molecule has 3 fully saturated rings. The average molecular weight is 561 g/mol. The number of hydrogen-bond acceptors (Lipinski definition) is 6. The van der Waals surface area contributed by atoms with Crippen molar-refractivity contribution in [2.24, 2.45) is 17.8 Å². The molecule has 0 saturated carbocycles. The molecule has 0 radical (unpaired) electrons. The first-order chi connectivity index (χ1) is 18.2. The topological polar surface area (TPSA) is 87.2 Å². The van der Waals surface area contributed by atoms with Crippen molar-refractivity contribution in [2.75, 3.05) is 31.2 Å². The van der Waals surface area contributed by atoms with Gasteiger partial charge in [0.2, 0.25) is 5.91 Å². The van der Waals surface area contributed by atoms with Crippen LogP contribution in [0.2, 0.25) is 5.02 Å². The summed E-state index contributed by atoms with van der Waals surface area (Å²) in [5, 5.41) is 9.95. The fraction of sp³-hybridized carbons (Fsp3) is 0.552. The number of ether oxygens (including phenoxy) is 1. The lowest BCUT2D eigenvalue weighted by atomic mass is 9.66. The zero-order valence-electron chi connectivity index (χ0n) is 22.1. The molecule has 3 heterocycles. The van der Waals surface area contributed by atoms with Crippen molar-refractivity contribution in [2.45, 2.75) is 55.6 Å². The van der Waals surface area contributed by atoms with Gasteiger partial charge in [0.25, 0.3) is 5.91 Å². The lowest BCUT2D eigenvalue weighted by Crippen LogP contribution is -2.57. The number of nitrogens with zero attached hydrogens (tertiary/aromatic N) is 2. The average Bonchev–Trinajstić information content (AvgIpc) is 3.47. The van der Waals surface area contributed by atoms with E-state index >= 15 is 0 Å². The van der Waals surface area contributed by atoms with Crippen molar-refractivity contribution in [3.8, 4) is 0 Å². The zero-order valence-corrected chi connectivity index (χ0v) is 23.7. The van der Waals surface area contributed by atoms with Gasteiger partial charge in [0.15, 0.2) is 0 Å². The largest absolute Gasteiger partial charge is 0.465 e. The fourth-order valence-corrected chi connectivity index (χ4v) is 9.31. The zero-order chi connectivity index (χ0) is 27.6. The third kappa shape index (κ3) is 4.69. The highest BCUT2D eigenvalue weighted by Crippen LogP contribution is 2.68. The Morgan fingerprint density at radius 2 is 2.08 bits per heavy atom. The Hall–Kier alpha value is -2.29. The number of para-hydroxylation sites is 1. The lowest BCUT2D eigenvalue weighted by molar-refractivity contribution is -0.154. The lowest BCUT2D eigenvalue weighted by Gasteiger charge is -2.40. The number of carbonyl (C=O) groups excluding carboxylic acids is 3. The normalized spacial score (nSPS) is 29.3. The Labute approximate surface area is 234 Å². The van der Waals surface area contributed by atoms with E-state index in [1.54, 1.807) is 39.8 Å². The van der Waals surface area contributed by atoms with Crippen molar-refractivity contribution in [3.63, 3.8) is 0 Å². The molecule has 6 atom stereocenters. The predicted molar refractivity (Wildman–Crippen MR) is 151 cm³/mol. The van der Waals surface area contributed by atoms with Crippen LogP contribution < -0.4 is 4.90 Å². The van der Waals surface area contributed by atoms with E-state index in [4.69, 9.17) is 16.3 Å². The number of unbranched alkanes of at least 4 members (excludes halogenated alkanes) is 1. The van der Waals surface area contributed by atoms with Gasteiger partial charge in [-0.1, -0.05) is 42.8 Å². The predicted octanol–water partition coefficient (Wildman–Crippen LogP) is 4.40. The molecule has 7 nitrogen and oxygen atoms in total. The summed E-state index contributed by atoms with van der Waals surface area (Å²) in [5.41, 5.74) is 1.43. The first kappa shape index (κ1) is 28.7. The maximum atomic E-state index is 14.6. The number of aryl methyl sites for hydroxylation is 1. The number of hydrogen-bond donors (Lipinski definition) is 1. The van der Waals surface area contributed by atoms with Gasteiger partial charge in [-0.15, -0.1) is 24.9 Å². The van der Waals surface area contributed by atoms with Crippen LogP contribution in [0.4, 0.5) is 5.69 Å². The molecule has 0 aliphatic carbocycles.